The number of nitrogens with zero attached hydrogens (tertiary/aromatic N) is 2. The van der Waals surface area contributed by atoms with Crippen LogP contribution in [0.2, 0.25) is 0 Å². The third-order valence-corrected chi connectivity index (χ3v) is 6.11. The first kappa shape index (κ1) is 20.6. The highest BCUT2D eigenvalue weighted by molar-refractivity contribution is 5.76. The number of carboxylic acid groups (broad SMARTS) is 1. The van der Waals surface area contributed by atoms with Crippen LogP contribution in [0.25, 0.3) is 0 Å². The molecule has 0 aliphatic carbocycles. The van der Waals surface area contributed by atoms with Gasteiger partial charge in [0.25, 0.3) is 0 Å². The van der Waals surface area contributed by atoms with E-state index in [0.29, 0.717) is 26.1 Å². The number of aliphatic carboxylic acids is 1. The Morgan fingerprint density at radius 3 is 2.43 bits per heavy atom. The molecule has 28 heavy (non-hydrogen) atoms. The molecule has 6 heteroatoms. The van der Waals surface area contributed by atoms with E-state index in [-0.39, 0.29) is 11.9 Å². The van der Waals surface area contributed by atoms with Gasteiger partial charge in [-0.3, -0.25) is 9.69 Å². The number of nitrogens with one attached hydrogen (secondary N) is 1. The highest BCUT2D eigenvalue weighted by Crippen LogP contribution is 2.22. The molecule has 2 saturated heterocycles. The van der Waals surface area contributed by atoms with E-state index in [1.807, 2.05) is 13.0 Å². The molecule has 2 amide bonds. The fraction of sp³-hybridized carbons (Fsp3) is 0.636. The molecule has 0 spiro atoms. The lowest BCUT2D eigenvalue weighted by Crippen LogP contribution is -2.49. The maximum absolute atomic E-state index is 12.6. The van der Waals surface area contributed by atoms with Gasteiger partial charge < -0.3 is 15.3 Å². The van der Waals surface area contributed by atoms with E-state index in [4.69, 9.17) is 0 Å². The summed E-state index contributed by atoms with van der Waals surface area (Å²) in [6.45, 7) is 8.88. The molecule has 2 atom stereocenters. The Morgan fingerprint density at radius 1 is 1.07 bits per heavy atom. The number of carboxylic acids is 1. The summed E-state index contributed by atoms with van der Waals surface area (Å²) in [7, 11) is 0. The van der Waals surface area contributed by atoms with Crippen LogP contribution in [0.1, 0.15) is 44.2 Å². The first-order chi connectivity index (χ1) is 13.4. The Labute approximate surface area is 167 Å². The van der Waals surface area contributed by atoms with Crippen molar-refractivity contribution in [2.45, 2.75) is 46.2 Å². The molecule has 3 rings (SSSR count). The highest BCUT2D eigenvalue weighted by Gasteiger charge is 2.31. The zero-order chi connectivity index (χ0) is 20.1. The summed E-state index contributed by atoms with van der Waals surface area (Å²) in [6.07, 6.45) is 3.13. The van der Waals surface area contributed by atoms with Gasteiger partial charge in [0.05, 0.1) is 5.92 Å². The molecule has 0 radical (unpaired) electrons. The third kappa shape index (κ3) is 5.47. The largest absolute Gasteiger partial charge is 0.481 e. The molecule has 154 valence electrons. The molecule has 0 aromatic heterocycles. The van der Waals surface area contributed by atoms with Crippen molar-refractivity contribution in [1.29, 1.82) is 0 Å². The maximum atomic E-state index is 12.6. The van der Waals surface area contributed by atoms with Crippen LogP contribution in [0.4, 0.5) is 4.79 Å². The summed E-state index contributed by atoms with van der Waals surface area (Å²) in [4.78, 5) is 28.1. The second kappa shape index (κ2) is 9.41. The SMILES string of the molecule is CC1CCN(Cc2ccccc2CNC(=O)N2CC(C)CC(C(=O)O)C2)CC1. The average Bonchev–Trinajstić information content (AvgIpc) is 2.68. The Hall–Kier alpha value is -2.08. The van der Waals surface area contributed by atoms with Gasteiger partial charge in [0.1, 0.15) is 0 Å². The van der Waals surface area contributed by atoms with Crippen LogP contribution >= 0.6 is 0 Å². The summed E-state index contributed by atoms with van der Waals surface area (Å²) >= 11 is 0. The van der Waals surface area contributed by atoms with Gasteiger partial charge in [-0.1, -0.05) is 38.1 Å². The van der Waals surface area contributed by atoms with Gasteiger partial charge in [0.15, 0.2) is 0 Å². The van der Waals surface area contributed by atoms with Gasteiger partial charge in [-0.2, -0.15) is 0 Å². The number of hydrogen-bond acceptors (Lipinski definition) is 3. The molecular formula is C22H33N3O3. The van der Waals surface area contributed by atoms with E-state index in [9.17, 15) is 14.7 Å². The Kier molecular flexibility index (Phi) is 6.94. The molecule has 2 N–H and O–H groups in total. The van der Waals surface area contributed by atoms with Crippen LogP contribution in [-0.4, -0.2) is 53.1 Å². The molecule has 1 aromatic rings. The number of rotatable bonds is 5. The number of carbonyl (C=O) groups excluding carboxylic acids is 1. The fourth-order valence-corrected chi connectivity index (χ4v) is 4.32. The molecule has 2 fully saturated rings. The lowest BCUT2D eigenvalue weighted by atomic mass is 9.91. The molecular weight excluding hydrogens is 354 g/mol. The summed E-state index contributed by atoms with van der Waals surface area (Å²) < 4.78 is 0. The number of piperidine rings is 2. The van der Waals surface area contributed by atoms with Crippen molar-refractivity contribution in [1.82, 2.24) is 15.1 Å². The highest BCUT2D eigenvalue weighted by atomic mass is 16.4. The normalized spacial score (nSPS) is 24.1. The van der Waals surface area contributed by atoms with E-state index in [0.717, 1.165) is 31.1 Å². The summed E-state index contributed by atoms with van der Waals surface area (Å²) in [5, 5.41) is 12.3. The van der Waals surface area contributed by atoms with Crippen molar-refractivity contribution in [2.75, 3.05) is 26.2 Å². The summed E-state index contributed by atoms with van der Waals surface area (Å²) in [5.74, 6) is -0.268. The summed E-state index contributed by atoms with van der Waals surface area (Å²) in [6, 6.07) is 8.10. The number of hydrogen-bond donors (Lipinski definition) is 2. The van der Waals surface area contributed by atoms with Crippen molar-refractivity contribution in [3.8, 4) is 0 Å². The zero-order valence-electron chi connectivity index (χ0n) is 17.1. The van der Waals surface area contributed by atoms with Crippen molar-refractivity contribution in [3.05, 3.63) is 35.4 Å². The van der Waals surface area contributed by atoms with Crippen LogP contribution < -0.4 is 5.32 Å². The number of carbonyl (C=O) groups is 2. The smallest absolute Gasteiger partial charge is 0.317 e. The second-order valence-corrected chi connectivity index (χ2v) is 8.67. The zero-order valence-corrected chi connectivity index (χ0v) is 17.1. The Bertz CT molecular complexity index is 685. The standard InChI is InChI=1S/C22H33N3O3/c1-16-7-9-24(10-8-16)14-19-6-4-3-5-18(19)12-23-22(28)25-13-17(2)11-20(15-25)21(26)27/h3-6,16-17,20H,7-15H2,1-2H3,(H,23,28)(H,26,27). The molecule has 1 aromatic carbocycles. The van der Waals surface area contributed by atoms with Crippen LogP contribution in [-0.2, 0) is 17.9 Å². The molecule has 2 aliphatic heterocycles. The van der Waals surface area contributed by atoms with Gasteiger partial charge in [-0.25, -0.2) is 4.79 Å². The first-order valence-corrected chi connectivity index (χ1v) is 10.5. The van der Waals surface area contributed by atoms with E-state index in [1.165, 1.54) is 18.4 Å². The van der Waals surface area contributed by atoms with Crippen molar-refractivity contribution in [3.63, 3.8) is 0 Å². The minimum absolute atomic E-state index is 0.167. The van der Waals surface area contributed by atoms with Gasteiger partial charge in [0, 0.05) is 26.2 Å². The van der Waals surface area contributed by atoms with Gasteiger partial charge >= 0.3 is 12.0 Å². The van der Waals surface area contributed by atoms with Crippen molar-refractivity contribution >= 4 is 12.0 Å². The molecule has 6 nitrogen and oxygen atoms in total. The topological polar surface area (TPSA) is 72.9 Å². The van der Waals surface area contributed by atoms with E-state index >= 15 is 0 Å². The lowest BCUT2D eigenvalue weighted by molar-refractivity contribution is -0.143. The van der Waals surface area contributed by atoms with Gasteiger partial charge in [-0.15, -0.1) is 0 Å². The number of benzene rings is 1. The monoisotopic (exact) mass is 387 g/mol. The predicted molar refractivity (Wildman–Crippen MR) is 109 cm³/mol. The van der Waals surface area contributed by atoms with Crippen molar-refractivity contribution < 1.29 is 14.7 Å². The minimum atomic E-state index is -0.814. The van der Waals surface area contributed by atoms with Crippen LogP contribution in [0, 0.1) is 17.8 Å². The van der Waals surface area contributed by atoms with E-state index < -0.39 is 11.9 Å². The Balaban J connectivity index is 1.57. The molecule has 0 saturated carbocycles. The average molecular weight is 388 g/mol. The van der Waals surface area contributed by atoms with Crippen LogP contribution in [0.3, 0.4) is 0 Å². The molecule has 2 unspecified atom stereocenters. The molecule has 2 aliphatic rings. The third-order valence-electron chi connectivity index (χ3n) is 6.11. The van der Waals surface area contributed by atoms with Gasteiger partial charge in [0.2, 0.25) is 0 Å². The van der Waals surface area contributed by atoms with E-state index in [2.05, 4.69) is 35.3 Å². The van der Waals surface area contributed by atoms with Crippen LogP contribution in [0.15, 0.2) is 24.3 Å². The fourth-order valence-electron chi connectivity index (χ4n) is 4.32. The van der Waals surface area contributed by atoms with Gasteiger partial charge in [-0.05, 0) is 55.3 Å². The molecule has 2 heterocycles. The quantitative estimate of drug-likeness (QED) is 0.814. The minimum Gasteiger partial charge on any atom is -0.481 e. The van der Waals surface area contributed by atoms with Crippen molar-refractivity contribution in [2.24, 2.45) is 17.8 Å². The molecule has 0 bridgehead atoms. The number of urea groups is 1. The first-order valence-electron chi connectivity index (χ1n) is 10.5. The number of likely N-dealkylation sites (tertiary alicyclic amines) is 2. The summed E-state index contributed by atoms with van der Waals surface area (Å²) in [5.41, 5.74) is 2.39. The van der Waals surface area contributed by atoms with Crippen LogP contribution in [0.5, 0.6) is 0 Å². The lowest BCUT2D eigenvalue weighted by Gasteiger charge is -2.34. The van der Waals surface area contributed by atoms with E-state index in [1.54, 1.807) is 4.90 Å². The second-order valence-electron chi connectivity index (χ2n) is 8.67. The maximum Gasteiger partial charge on any atom is 0.317 e. The Morgan fingerprint density at radius 2 is 1.75 bits per heavy atom. The number of amides is 2. The predicted octanol–water partition coefficient (Wildman–Crippen LogP) is 3.17.